The summed E-state index contributed by atoms with van der Waals surface area (Å²) in [7, 11) is 1.57. The predicted octanol–water partition coefficient (Wildman–Crippen LogP) is 1.93. The minimum Gasteiger partial charge on any atom is -0.497 e. The van der Waals surface area contributed by atoms with Gasteiger partial charge in [-0.25, -0.2) is 0 Å². The smallest absolute Gasteiger partial charge is 0.315 e. The van der Waals surface area contributed by atoms with Crippen molar-refractivity contribution in [3.05, 3.63) is 24.3 Å². The number of benzene rings is 1. The molecule has 0 saturated carbocycles. The number of carbonyl (C=O) groups excluding carboxylic acids is 2. The van der Waals surface area contributed by atoms with Gasteiger partial charge in [-0.15, -0.1) is 11.8 Å². The third-order valence-corrected chi connectivity index (χ3v) is 3.02. The van der Waals surface area contributed by atoms with Crippen LogP contribution in [0.25, 0.3) is 0 Å². The number of hydrogen-bond donors (Lipinski definition) is 1. The number of carbonyl (C=O) groups is 2. The average molecular weight is 283 g/mol. The van der Waals surface area contributed by atoms with E-state index < -0.39 is 0 Å². The van der Waals surface area contributed by atoms with Crippen LogP contribution in [0.3, 0.4) is 0 Å². The zero-order valence-corrected chi connectivity index (χ0v) is 11.8. The zero-order chi connectivity index (χ0) is 14.1. The second-order valence-corrected chi connectivity index (χ2v) is 4.56. The summed E-state index contributed by atoms with van der Waals surface area (Å²) in [4.78, 5) is 22.7. The maximum absolute atomic E-state index is 11.6. The van der Waals surface area contributed by atoms with E-state index in [1.807, 2.05) is 0 Å². The lowest BCUT2D eigenvalue weighted by Gasteiger charge is -2.06. The summed E-state index contributed by atoms with van der Waals surface area (Å²) in [5.74, 6) is 0.594. The van der Waals surface area contributed by atoms with Crippen LogP contribution >= 0.6 is 11.8 Å². The Hall–Kier alpha value is -1.69. The first-order chi connectivity index (χ1) is 9.15. The van der Waals surface area contributed by atoms with Gasteiger partial charge in [-0.2, -0.15) is 0 Å². The molecule has 0 heterocycles. The quantitative estimate of drug-likeness (QED) is 0.775. The van der Waals surface area contributed by atoms with Crippen molar-refractivity contribution in [1.82, 2.24) is 0 Å². The number of amides is 1. The van der Waals surface area contributed by atoms with Crippen LogP contribution < -0.4 is 10.1 Å². The van der Waals surface area contributed by atoms with E-state index in [0.29, 0.717) is 18.0 Å². The van der Waals surface area contributed by atoms with Crippen molar-refractivity contribution in [3.8, 4) is 5.75 Å². The highest BCUT2D eigenvalue weighted by Crippen LogP contribution is 2.16. The van der Waals surface area contributed by atoms with E-state index in [4.69, 9.17) is 9.47 Å². The number of anilines is 1. The molecule has 1 aromatic rings. The standard InChI is InChI=1S/C13H17NO4S/c1-3-18-13(16)9-19-8-12(15)14-10-5-4-6-11(7-10)17-2/h4-7H,3,8-9H2,1-2H3,(H,14,15). The summed E-state index contributed by atoms with van der Waals surface area (Å²) in [6.45, 7) is 2.10. The SMILES string of the molecule is CCOC(=O)CSCC(=O)Nc1cccc(OC)c1. The molecule has 0 aliphatic heterocycles. The van der Waals surface area contributed by atoms with Crippen LogP contribution in [0.1, 0.15) is 6.92 Å². The number of methoxy groups -OCH3 is 1. The molecule has 0 aliphatic rings. The van der Waals surface area contributed by atoms with Gasteiger partial charge in [0.1, 0.15) is 5.75 Å². The summed E-state index contributed by atoms with van der Waals surface area (Å²) in [5.41, 5.74) is 0.668. The van der Waals surface area contributed by atoms with E-state index in [-0.39, 0.29) is 23.4 Å². The van der Waals surface area contributed by atoms with Crippen molar-refractivity contribution in [2.24, 2.45) is 0 Å². The maximum Gasteiger partial charge on any atom is 0.315 e. The molecule has 1 N–H and O–H groups in total. The summed E-state index contributed by atoms with van der Waals surface area (Å²) >= 11 is 1.22. The topological polar surface area (TPSA) is 64.6 Å². The van der Waals surface area contributed by atoms with E-state index >= 15 is 0 Å². The number of thioether (sulfide) groups is 1. The van der Waals surface area contributed by atoms with Crippen molar-refractivity contribution in [3.63, 3.8) is 0 Å². The van der Waals surface area contributed by atoms with E-state index in [1.165, 1.54) is 11.8 Å². The zero-order valence-electron chi connectivity index (χ0n) is 11.0. The molecule has 0 fully saturated rings. The molecular weight excluding hydrogens is 266 g/mol. The normalized spacial score (nSPS) is 9.79. The van der Waals surface area contributed by atoms with Gasteiger partial charge >= 0.3 is 5.97 Å². The largest absolute Gasteiger partial charge is 0.497 e. The lowest BCUT2D eigenvalue weighted by molar-refractivity contribution is -0.139. The molecule has 19 heavy (non-hydrogen) atoms. The Labute approximate surface area is 116 Å². The van der Waals surface area contributed by atoms with Crippen LogP contribution in [-0.4, -0.2) is 37.1 Å². The van der Waals surface area contributed by atoms with Gasteiger partial charge in [0.15, 0.2) is 0 Å². The molecule has 0 spiro atoms. The first kappa shape index (κ1) is 15.4. The molecule has 6 heteroatoms. The molecule has 0 unspecified atom stereocenters. The summed E-state index contributed by atoms with van der Waals surface area (Å²) < 4.78 is 9.82. The van der Waals surface area contributed by atoms with Crippen LogP contribution in [0.4, 0.5) is 5.69 Å². The Bertz CT molecular complexity index is 436. The van der Waals surface area contributed by atoms with Crippen molar-refractivity contribution in [2.75, 3.05) is 30.5 Å². The maximum atomic E-state index is 11.6. The second-order valence-electron chi connectivity index (χ2n) is 3.58. The van der Waals surface area contributed by atoms with E-state index in [2.05, 4.69) is 5.32 Å². The Morgan fingerprint density at radius 2 is 2.11 bits per heavy atom. The molecule has 104 valence electrons. The van der Waals surface area contributed by atoms with Crippen molar-refractivity contribution < 1.29 is 19.1 Å². The predicted molar refractivity (Wildman–Crippen MR) is 75.6 cm³/mol. The fourth-order valence-electron chi connectivity index (χ4n) is 1.33. The Morgan fingerprint density at radius 3 is 2.79 bits per heavy atom. The van der Waals surface area contributed by atoms with E-state index in [9.17, 15) is 9.59 Å². The first-order valence-electron chi connectivity index (χ1n) is 5.83. The average Bonchev–Trinajstić information content (AvgIpc) is 2.39. The van der Waals surface area contributed by atoms with E-state index in [1.54, 1.807) is 38.3 Å². The lowest BCUT2D eigenvalue weighted by atomic mass is 10.3. The molecule has 0 atom stereocenters. The van der Waals surface area contributed by atoms with Gasteiger partial charge in [-0.05, 0) is 19.1 Å². The van der Waals surface area contributed by atoms with Crippen molar-refractivity contribution in [2.45, 2.75) is 6.92 Å². The summed E-state index contributed by atoms with van der Waals surface area (Å²) in [6, 6.07) is 7.09. The van der Waals surface area contributed by atoms with Gasteiger partial charge in [0.2, 0.25) is 5.91 Å². The first-order valence-corrected chi connectivity index (χ1v) is 6.98. The molecule has 1 amide bonds. The van der Waals surface area contributed by atoms with Crippen molar-refractivity contribution >= 4 is 29.3 Å². The third kappa shape index (κ3) is 6.15. The lowest BCUT2D eigenvalue weighted by Crippen LogP contribution is -2.16. The molecule has 0 radical (unpaired) electrons. The highest BCUT2D eigenvalue weighted by Gasteiger charge is 2.06. The molecule has 0 saturated heterocycles. The molecule has 1 aromatic carbocycles. The van der Waals surface area contributed by atoms with E-state index in [0.717, 1.165) is 0 Å². The minimum absolute atomic E-state index is 0.164. The minimum atomic E-state index is -0.304. The van der Waals surface area contributed by atoms with Gasteiger partial charge in [0.05, 0.1) is 25.2 Å². The van der Waals surface area contributed by atoms with Crippen LogP contribution in [-0.2, 0) is 14.3 Å². The highest BCUT2D eigenvalue weighted by molar-refractivity contribution is 8.00. The summed E-state index contributed by atoms with van der Waals surface area (Å²) in [6.07, 6.45) is 0. The van der Waals surface area contributed by atoms with Crippen molar-refractivity contribution in [1.29, 1.82) is 0 Å². The van der Waals surface area contributed by atoms with Crippen LogP contribution in [0, 0.1) is 0 Å². The monoisotopic (exact) mass is 283 g/mol. The molecular formula is C13H17NO4S. The molecule has 1 rings (SSSR count). The van der Waals surface area contributed by atoms with Gasteiger partial charge in [0, 0.05) is 11.8 Å². The Balaban J connectivity index is 2.32. The molecule has 0 aromatic heterocycles. The molecule has 5 nitrogen and oxygen atoms in total. The number of nitrogens with one attached hydrogen (secondary N) is 1. The summed E-state index contributed by atoms with van der Waals surface area (Å²) in [5, 5.41) is 2.73. The van der Waals surface area contributed by atoms with Crippen LogP contribution in [0.2, 0.25) is 0 Å². The number of hydrogen-bond acceptors (Lipinski definition) is 5. The number of rotatable bonds is 7. The molecule has 0 bridgehead atoms. The Kier molecular flexibility index (Phi) is 6.81. The Morgan fingerprint density at radius 1 is 1.32 bits per heavy atom. The number of ether oxygens (including phenoxy) is 2. The van der Waals surface area contributed by atoms with Gasteiger partial charge in [0.25, 0.3) is 0 Å². The number of esters is 1. The van der Waals surface area contributed by atoms with Crippen LogP contribution in [0.5, 0.6) is 5.75 Å². The van der Waals surface area contributed by atoms with Gasteiger partial charge in [-0.1, -0.05) is 6.07 Å². The molecule has 0 aliphatic carbocycles. The van der Waals surface area contributed by atoms with Crippen LogP contribution in [0.15, 0.2) is 24.3 Å². The fraction of sp³-hybridized carbons (Fsp3) is 0.385. The van der Waals surface area contributed by atoms with Gasteiger partial charge in [-0.3, -0.25) is 9.59 Å². The third-order valence-electron chi connectivity index (χ3n) is 2.11. The highest BCUT2D eigenvalue weighted by atomic mass is 32.2. The second kappa shape index (κ2) is 8.42. The fourth-order valence-corrected chi connectivity index (χ4v) is 1.94. The van der Waals surface area contributed by atoms with Gasteiger partial charge < -0.3 is 14.8 Å².